The molecule has 0 aliphatic rings. The Morgan fingerprint density at radius 1 is 0.607 bits per heavy atom. The lowest BCUT2D eigenvalue weighted by molar-refractivity contribution is 0.306. The lowest BCUT2D eigenvalue weighted by Gasteiger charge is -2.08. The third kappa shape index (κ3) is 4.74. The molecule has 0 saturated carbocycles. The summed E-state index contributed by atoms with van der Waals surface area (Å²) >= 11 is 0. The maximum atomic E-state index is 5.86. The maximum Gasteiger partial charge on any atom is 0.119 e. The highest BCUT2D eigenvalue weighted by Crippen LogP contribution is 2.23. The van der Waals surface area contributed by atoms with Crippen molar-refractivity contribution >= 4 is 11.9 Å². The summed E-state index contributed by atoms with van der Waals surface area (Å²) < 4.78 is 5.86. The Kier molecular flexibility index (Phi) is 5.60. The van der Waals surface area contributed by atoms with Crippen molar-refractivity contribution in [2.45, 2.75) is 6.61 Å². The van der Waals surface area contributed by atoms with Crippen LogP contribution in [0.4, 0.5) is 5.69 Å². The van der Waals surface area contributed by atoms with Crippen LogP contribution in [0.25, 0.3) is 11.1 Å². The molecule has 2 heteroatoms. The molecule has 0 spiro atoms. The zero-order valence-electron chi connectivity index (χ0n) is 15.5. The first-order chi connectivity index (χ1) is 13.9. The van der Waals surface area contributed by atoms with Gasteiger partial charge in [0, 0.05) is 6.21 Å². The molecule has 0 heterocycles. The monoisotopic (exact) mass is 363 g/mol. The number of nitrogens with zero attached hydrogens (tertiary/aromatic N) is 1. The second-order valence-electron chi connectivity index (χ2n) is 6.51. The van der Waals surface area contributed by atoms with Gasteiger partial charge in [-0.1, -0.05) is 84.9 Å². The second kappa shape index (κ2) is 8.83. The van der Waals surface area contributed by atoms with Crippen LogP contribution in [0.3, 0.4) is 0 Å². The zero-order valence-corrected chi connectivity index (χ0v) is 15.5. The van der Waals surface area contributed by atoms with Gasteiger partial charge in [0.25, 0.3) is 0 Å². The molecule has 0 unspecified atom stereocenters. The van der Waals surface area contributed by atoms with Crippen LogP contribution in [0.1, 0.15) is 11.1 Å². The van der Waals surface area contributed by atoms with Gasteiger partial charge in [0.15, 0.2) is 0 Å². The largest absolute Gasteiger partial charge is 0.489 e. The van der Waals surface area contributed by atoms with Crippen molar-refractivity contribution in [2.75, 3.05) is 0 Å². The molecule has 28 heavy (non-hydrogen) atoms. The number of hydrogen-bond donors (Lipinski definition) is 0. The molecule has 0 bridgehead atoms. The highest BCUT2D eigenvalue weighted by atomic mass is 16.5. The van der Waals surface area contributed by atoms with Crippen LogP contribution in [-0.4, -0.2) is 6.21 Å². The fraction of sp³-hybridized carbons (Fsp3) is 0.0385. The SMILES string of the molecule is C(=N\c1ccccc1)/c1ccc(-c2ccc(OCc3ccccc3)cc2)cc1. The molecular formula is C26H21NO. The van der Waals surface area contributed by atoms with Gasteiger partial charge in [0.1, 0.15) is 12.4 Å². The summed E-state index contributed by atoms with van der Waals surface area (Å²) in [6.07, 6.45) is 1.89. The van der Waals surface area contributed by atoms with Crippen molar-refractivity contribution < 1.29 is 4.74 Å². The normalized spacial score (nSPS) is 10.9. The number of rotatable bonds is 6. The van der Waals surface area contributed by atoms with E-state index >= 15 is 0 Å². The molecule has 0 N–H and O–H groups in total. The fourth-order valence-corrected chi connectivity index (χ4v) is 2.91. The first-order valence-corrected chi connectivity index (χ1v) is 9.33. The van der Waals surface area contributed by atoms with Gasteiger partial charge in [-0.05, 0) is 46.5 Å². The standard InChI is InChI=1S/C26H21NO/c1-3-7-22(8-4-1)20-28-26-17-15-24(16-18-26)23-13-11-21(12-14-23)19-27-25-9-5-2-6-10-25/h1-19H,20H2/b27-19+. The van der Waals surface area contributed by atoms with Crippen molar-refractivity contribution in [3.05, 3.63) is 120 Å². The average Bonchev–Trinajstić information content (AvgIpc) is 2.78. The number of para-hydroxylation sites is 1. The summed E-state index contributed by atoms with van der Waals surface area (Å²) in [5.74, 6) is 0.874. The molecule has 0 atom stereocenters. The molecular weight excluding hydrogens is 342 g/mol. The van der Waals surface area contributed by atoms with E-state index in [1.807, 2.05) is 66.9 Å². The van der Waals surface area contributed by atoms with Gasteiger partial charge in [-0.15, -0.1) is 0 Å². The molecule has 4 aromatic rings. The summed E-state index contributed by atoms with van der Waals surface area (Å²) in [5, 5.41) is 0. The molecule has 0 aromatic heterocycles. The predicted molar refractivity (Wildman–Crippen MR) is 116 cm³/mol. The van der Waals surface area contributed by atoms with Crippen LogP contribution in [0.2, 0.25) is 0 Å². The van der Waals surface area contributed by atoms with Crippen LogP contribution in [0.15, 0.2) is 114 Å². The van der Waals surface area contributed by atoms with Gasteiger partial charge < -0.3 is 4.74 Å². The highest BCUT2D eigenvalue weighted by molar-refractivity contribution is 5.83. The van der Waals surface area contributed by atoms with Crippen molar-refractivity contribution in [3.8, 4) is 16.9 Å². The molecule has 2 nitrogen and oxygen atoms in total. The van der Waals surface area contributed by atoms with Crippen LogP contribution in [-0.2, 0) is 6.61 Å². The van der Waals surface area contributed by atoms with Crippen LogP contribution < -0.4 is 4.74 Å². The van der Waals surface area contributed by atoms with Crippen molar-refractivity contribution in [1.82, 2.24) is 0 Å². The number of hydrogen-bond acceptors (Lipinski definition) is 2. The third-order valence-corrected chi connectivity index (χ3v) is 4.47. The molecule has 0 aliphatic heterocycles. The van der Waals surface area contributed by atoms with Crippen LogP contribution in [0, 0.1) is 0 Å². The Bertz CT molecular complexity index is 1020. The Hall–Kier alpha value is -3.65. The minimum Gasteiger partial charge on any atom is -0.489 e. The van der Waals surface area contributed by atoms with E-state index in [-0.39, 0.29) is 0 Å². The lowest BCUT2D eigenvalue weighted by atomic mass is 10.0. The van der Waals surface area contributed by atoms with Gasteiger partial charge in [-0.3, -0.25) is 4.99 Å². The van der Waals surface area contributed by atoms with E-state index in [4.69, 9.17) is 4.74 Å². The topological polar surface area (TPSA) is 21.6 Å². The molecule has 4 rings (SSSR count). The highest BCUT2D eigenvalue weighted by Gasteiger charge is 2.00. The van der Waals surface area contributed by atoms with E-state index in [1.54, 1.807) is 0 Å². The minimum atomic E-state index is 0.579. The van der Waals surface area contributed by atoms with Crippen molar-refractivity contribution in [3.63, 3.8) is 0 Å². The third-order valence-electron chi connectivity index (χ3n) is 4.47. The summed E-state index contributed by atoms with van der Waals surface area (Å²) in [5.41, 5.74) is 5.54. The van der Waals surface area contributed by atoms with E-state index in [1.165, 1.54) is 16.7 Å². The van der Waals surface area contributed by atoms with E-state index in [9.17, 15) is 0 Å². The van der Waals surface area contributed by atoms with E-state index in [0.717, 1.165) is 17.0 Å². The molecule has 0 fully saturated rings. The smallest absolute Gasteiger partial charge is 0.119 e. The Balaban J connectivity index is 1.39. The molecule has 4 aromatic carbocycles. The van der Waals surface area contributed by atoms with Crippen LogP contribution in [0.5, 0.6) is 5.75 Å². The molecule has 136 valence electrons. The van der Waals surface area contributed by atoms with Gasteiger partial charge in [-0.2, -0.15) is 0 Å². The van der Waals surface area contributed by atoms with Gasteiger partial charge in [0.2, 0.25) is 0 Å². The number of aliphatic imine (C=N–C) groups is 1. The Morgan fingerprint density at radius 3 is 1.82 bits per heavy atom. The van der Waals surface area contributed by atoms with Crippen molar-refractivity contribution in [2.24, 2.45) is 4.99 Å². The summed E-state index contributed by atoms with van der Waals surface area (Å²) in [6.45, 7) is 0.579. The van der Waals surface area contributed by atoms with E-state index in [2.05, 4.69) is 53.5 Å². The van der Waals surface area contributed by atoms with E-state index < -0.39 is 0 Å². The first-order valence-electron chi connectivity index (χ1n) is 9.33. The van der Waals surface area contributed by atoms with Crippen LogP contribution >= 0.6 is 0 Å². The fourth-order valence-electron chi connectivity index (χ4n) is 2.91. The molecule has 0 saturated heterocycles. The van der Waals surface area contributed by atoms with Crippen molar-refractivity contribution in [1.29, 1.82) is 0 Å². The number of ether oxygens (including phenoxy) is 1. The summed E-state index contributed by atoms with van der Waals surface area (Å²) in [4.78, 5) is 4.49. The molecule has 0 radical (unpaired) electrons. The number of benzene rings is 4. The lowest BCUT2D eigenvalue weighted by Crippen LogP contribution is -1.94. The second-order valence-corrected chi connectivity index (χ2v) is 6.51. The first kappa shape index (κ1) is 17.7. The summed E-state index contributed by atoms with van der Waals surface area (Å²) in [6, 6.07) is 36.8. The molecule has 0 aliphatic carbocycles. The quantitative estimate of drug-likeness (QED) is 0.350. The van der Waals surface area contributed by atoms with Gasteiger partial charge in [-0.25, -0.2) is 0 Å². The summed E-state index contributed by atoms with van der Waals surface area (Å²) in [7, 11) is 0. The average molecular weight is 363 g/mol. The van der Waals surface area contributed by atoms with E-state index in [0.29, 0.717) is 6.61 Å². The predicted octanol–water partition coefficient (Wildman–Crippen LogP) is 6.68. The maximum absolute atomic E-state index is 5.86. The molecule has 0 amide bonds. The van der Waals surface area contributed by atoms with Gasteiger partial charge in [0.05, 0.1) is 5.69 Å². The Labute approximate surface area is 165 Å². The Morgan fingerprint density at radius 2 is 1.18 bits per heavy atom. The minimum absolute atomic E-state index is 0.579. The zero-order chi connectivity index (χ0) is 19.0. The van der Waals surface area contributed by atoms with Gasteiger partial charge >= 0.3 is 0 Å².